The van der Waals surface area contributed by atoms with Crippen LogP contribution >= 0.6 is 15.9 Å². The second-order valence-corrected chi connectivity index (χ2v) is 2.43. The van der Waals surface area contributed by atoms with E-state index in [1.54, 1.807) is 13.0 Å². The molecule has 1 unspecified atom stereocenters. The van der Waals surface area contributed by atoms with E-state index in [0.717, 1.165) is 0 Å². The maximum atomic E-state index is 10.1. The normalized spacial score (nSPS) is 14.7. The summed E-state index contributed by atoms with van der Waals surface area (Å²) in [5.74, 6) is 0. The van der Waals surface area contributed by atoms with Gasteiger partial charge in [0.15, 0.2) is 0 Å². The van der Waals surface area contributed by atoms with Crippen molar-refractivity contribution in [3.63, 3.8) is 0 Å². The largest absolute Gasteiger partial charge is 0.302 e. The summed E-state index contributed by atoms with van der Waals surface area (Å²) in [5, 5.41) is 0. The van der Waals surface area contributed by atoms with E-state index in [2.05, 4.69) is 15.9 Å². The smallest absolute Gasteiger partial charge is 0.147 e. The van der Waals surface area contributed by atoms with Crippen LogP contribution in [0.3, 0.4) is 0 Å². The van der Waals surface area contributed by atoms with Crippen molar-refractivity contribution < 1.29 is 9.59 Å². The molecule has 0 aliphatic carbocycles. The Labute approximate surface area is 62.1 Å². The van der Waals surface area contributed by atoms with Crippen LogP contribution in [0, 0.1) is 0 Å². The van der Waals surface area contributed by atoms with Gasteiger partial charge in [0.1, 0.15) is 12.6 Å². The summed E-state index contributed by atoms with van der Waals surface area (Å²) in [6.07, 6.45) is 2.93. The summed E-state index contributed by atoms with van der Waals surface area (Å²) in [6, 6.07) is 0. The highest BCUT2D eigenvalue weighted by Crippen LogP contribution is 2.05. The minimum absolute atomic E-state index is 0.444. The van der Waals surface area contributed by atoms with Crippen LogP contribution in [0.1, 0.15) is 6.92 Å². The number of carbonyl (C=O) groups is 2. The molecule has 0 saturated heterocycles. The lowest BCUT2D eigenvalue weighted by molar-refractivity contribution is -0.109. The molecule has 0 aliphatic heterocycles. The number of hydrogen-bond acceptors (Lipinski definition) is 2. The molecule has 1 atom stereocenters. The minimum Gasteiger partial charge on any atom is -0.302 e. The van der Waals surface area contributed by atoms with Gasteiger partial charge in [0.25, 0.3) is 0 Å². The summed E-state index contributed by atoms with van der Waals surface area (Å²) >= 11 is 3.00. The number of aldehydes is 2. The maximum Gasteiger partial charge on any atom is 0.147 e. The molecule has 9 heavy (non-hydrogen) atoms. The predicted octanol–water partition coefficient (Wildman–Crippen LogP) is 1.09. The molecule has 0 N–H and O–H groups in total. The average molecular weight is 191 g/mol. The second-order valence-electron chi connectivity index (χ2n) is 1.44. The van der Waals surface area contributed by atoms with Gasteiger partial charge in [0.2, 0.25) is 0 Å². The third kappa shape index (κ3) is 2.56. The van der Waals surface area contributed by atoms with E-state index in [4.69, 9.17) is 0 Å². The molecule has 0 rings (SSSR count). The fraction of sp³-hybridized carbons (Fsp3) is 0.333. The molecule has 3 heteroatoms. The van der Waals surface area contributed by atoms with Crippen molar-refractivity contribution in [1.82, 2.24) is 0 Å². The average Bonchev–Trinajstić information content (AvgIpc) is 1.90. The Balaban J connectivity index is 4.11. The quantitative estimate of drug-likeness (QED) is 0.380. The van der Waals surface area contributed by atoms with Gasteiger partial charge in [0.05, 0.1) is 4.83 Å². The summed E-state index contributed by atoms with van der Waals surface area (Å²) in [4.78, 5) is 19.7. The molecule has 0 bridgehead atoms. The van der Waals surface area contributed by atoms with Crippen molar-refractivity contribution in [1.29, 1.82) is 0 Å². The molecule has 50 valence electrons. The number of hydrogen-bond donors (Lipinski definition) is 0. The standard InChI is InChI=1S/C6H7BrO2/c1-2-5(3-8)6(7)4-9/h2-4,6H,1H3. The molecule has 0 heterocycles. The van der Waals surface area contributed by atoms with Crippen LogP contribution in [0.4, 0.5) is 0 Å². The van der Waals surface area contributed by atoms with Crippen molar-refractivity contribution >= 4 is 28.5 Å². The molecule has 0 aliphatic rings. The molecule has 0 saturated carbocycles. The Morgan fingerprint density at radius 2 is 2.11 bits per heavy atom. The third-order valence-electron chi connectivity index (χ3n) is 0.907. The predicted molar refractivity (Wildman–Crippen MR) is 38.6 cm³/mol. The van der Waals surface area contributed by atoms with Crippen molar-refractivity contribution in [2.45, 2.75) is 11.8 Å². The molecule has 0 spiro atoms. The SMILES string of the molecule is CC=C(C=O)C(Br)C=O. The Morgan fingerprint density at radius 1 is 1.56 bits per heavy atom. The Morgan fingerprint density at radius 3 is 2.22 bits per heavy atom. The van der Waals surface area contributed by atoms with Crippen LogP contribution in [-0.4, -0.2) is 17.4 Å². The molecular formula is C6H7BrO2. The van der Waals surface area contributed by atoms with Gasteiger partial charge in [-0.05, 0) is 6.92 Å². The highest BCUT2D eigenvalue weighted by atomic mass is 79.9. The molecule has 0 amide bonds. The zero-order chi connectivity index (χ0) is 7.28. The first kappa shape index (κ1) is 8.56. The maximum absolute atomic E-state index is 10.1. The Hall–Kier alpha value is -0.440. The number of rotatable bonds is 3. The Kier molecular flexibility index (Phi) is 4.22. The van der Waals surface area contributed by atoms with Gasteiger partial charge >= 0.3 is 0 Å². The zero-order valence-corrected chi connectivity index (χ0v) is 6.59. The lowest BCUT2D eigenvalue weighted by atomic mass is 10.2. The van der Waals surface area contributed by atoms with E-state index in [9.17, 15) is 9.59 Å². The van der Waals surface area contributed by atoms with Gasteiger partial charge in [-0.15, -0.1) is 0 Å². The van der Waals surface area contributed by atoms with Gasteiger partial charge in [0, 0.05) is 5.57 Å². The minimum atomic E-state index is -0.444. The van der Waals surface area contributed by atoms with E-state index in [1.807, 2.05) is 0 Å². The van der Waals surface area contributed by atoms with Gasteiger partial charge in [-0.25, -0.2) is 0 Å². The molecule has 0 fully saturated rings. The fourth-order valence-corrected chi connectivity index (χ4v) is 0.743. The van der Waals surface area contributed by atoms with E-state index in [1.165, 1.54) is 0 Å². The highest BCUT2D eigenvalue weighted by molar-refractivity contribution is 9.10. The lowest BCUT2D eigenvalue weighted by Gasteiger charge is -1.95. The molecular weight excluding hydrogens is 184 g/mol. The molecule has 0 aromatic heterocycles. The molecule has 0 radical (unpaired) electrons. The second kappa shape index (κ2) is 4.44. The van der Waals surface area contributed by atoms with Gasteiger partial charge < -0.3 is 4.79 Å². The van der Waals surface area contributed by atoms with E-state index >= 15 is 0 Å². The van der Waals surface area contributed by atoms with Crippen LogP contribution in [0.2, 0.25) is 0 Å². The summed E-state index contributed by atoms with van der Waals surface area (Å²) < 4.78 is 0. The first-order chi connectivity index (χ1) is 4.26. The van der Waals surface area contributed by atoms with Gasteiger partial charge in [-0.2, -0.15) is 0 Å². The van der Waals surface area contributed by atoms with Crippen molar-refractivity contribution in [3.05, 3.63) is 11.6 Å². The summed E-state index contributed by atoms with van der Waals surface area (Å²) in [7, 11) is 0. The monoisotopic (exact) mass is 190 g/mol. The van der Waals surface area contributed by atoms with E-state index in [-0.39, 0.29) is 0 Å². The van der Waals surface area contributed by atoms with Gasteiger partial charge in [-0.3, -0.25) is 4.79 Å². The number of carbonyl (C=O) groups excluding carboxylic acids is 2. The van der Waals surface area contributed by atoms with Crippen LogP contribution in [0.5, 0.6) is 0 Å². The number of allylic oxidation sites excluding steroid dienone is 2. The number of alkyl halides is 1. The molecule has 2 nitrogen and oxygen atoms in total. The summed E-state index contributed by atoms with van der Waals surface area (Å²) in [5.41, 5.74) is 0.463. The third-order valence-corrected chi connectivity index (χ3v) is 1.65. The fourth-order valence-electron chi connectivity index (χ4n) is 0.371. The van der Waals surface area contributed by atoms with E-state index in [0.29, 0.717) is 18.1 Å². The molecule has 0 aromatic carbocycles. The van der Waals surface area contributed by atoms with Crippen LogP contribution in [-0.2, 0) is 9.59 Å². The molecule has 0 aromatic rings. The van der Waals surface area contributed by atoms with Crippen molar-refractivity contribution in [3.8, 4) is 0 Å². The topological polar surface area (TPSA) is 34.1 Å². The van der Waals surface area contributed by atoms with Gasteiger partial charge in [-0.1, -0.05) is 22.0 Å². The van der Waals surface area contributed by atoms with Crippen LogP contribution in [0.25, 0.3) is 0 Å². The van der Waals surface area contributed by atoms with E-state index < -0.39 is 4.83 Å². The Bertz CT molecular complexity index is 140. The first-order valence-corrected chi connectivity index (χ1v) is 3.38. The highest BCUT2D eigenvalue weighted by Gasteiger charge is 2.05. The summed E-state index contributed by atoms with van der Waals surface area (Å²) in [6.45, 7) is 1.71. The lowest BCUT2D eigenvalue weighted by Crippen LogP contribution is -2.03. The first-order valence-electron chi connectivity index (χ1n) is 2.47. The van der Waals surface area contributed by atoms with Crippen LogP contribution < -0.4 is 0 Å². The van der Waals surface area contributed by atoms with Crippen molar-refractivity contribution in [2.24, 2.45) is 0 Å². The van der Waals surface area contributed by atoms with Crippen LogP contribution in [0.15, 0.2) is 11.6 Å². The zero-order valence-electron chi connectivity index (χ0n) is 5.00. The van der Waals surface area contributed by atoms with Crippen molar-refractivity contribution in [2.75, 3.05) is 0 Å². The number of halogens is 1.